The highest BCUT2D eigenvalue weighted by Gasteiger charge is 2.35. The summed E-state index contributed by atoms with van der Waals surface area (Å²) in [5.41, 5.74) is 1.48. The first-order chi connectivity index (χ1) is 22.2. The number of para-hydroxylation sites is 1. The molecule has 0 saturated carbocycles. The summed E-state index contributed by atoms with van der Waals surface area (Å²) in [7, 11) is 1.64. The Kier molecular flexibility index (Phi) is 8.61. The molecule has 3 aromatic carbocycles. The van der Waals surface area contributed by atoms with Crippen molar-refractivity contribution < 1.29 is 43.2 Å². The van der Waals surface area contributed by atoms with E-state index < -0.39 is 18.2 Å². The van der Waals surface area contributed by atoms with E-state index in [4.69, 9.17) is 23.7 Å². The van der Waals surface area contributed by atoms with Gasteiger partial charge in [-0.25, -0.2) is 9.59 Å². The quantitative estimate of drug-likeness (QED) is 0.299. The van der Waals surface area contributed by atoms with E-state index in [1.165, 1.54) is 4.90 Å². The van der Waals surface area contributed by atoms with Gasteiger partial charge in [-0.3, -0.25) is 4.79 Å². The van der Waals surface area contributed by atoms with Crippen LogP contribution in [0.2, 0.25) is 0 Å². The van der Waals surface area contributed by atoms with Crippen LogP contribution in [0.5, 0.6) is 28.7 Å². The molecule has 5 amide bonds. The van der Waals surface area contributed by atoms with Gasteiger partial charge in [-0.15, -0.1) is 0 Å². The molecule has 14 heteroatoms. The smallest absolute Gasteiger partial charge is 0.323 e. The number of fused-ring (bicyclic) bond motifs is 3. The minimum Gasteiger partial charge on any atom is -0.485 e. The van der Waals surface area contributed by atoms with Crippen molar-refractivity contribution in [2.24, 2.45) is 5.92 Å². The molecule has 4 N–H and O–H groups in total. The number of nitrogens with zero attached hydrogens (tertiary/aromatic N) is 2. The molecule has 0 saturated heterocycles. The summed E-state index contributed by atoms with van der Waals surface area (Å²) in [4.78, 5) is 43.2. The highest BCUT2D eigenvalue weighted by atomic mass is 16.7. The van der Waals surface area contributed by atoms with Crippen LogP contribution >= 0.6 is 0 Å². The average Bonchev–Trinajstić information content (AvgIpc) is 3.71. The molecule has 0 fully saturated rings. The van der Waals surface area contributed by atoms with Crippen LogP contribution in [0.1, 0.15) is 24.2 Å². The van der Waals surface area contributed by atoms with Gasteiger partial charge in [0.05, 0.1) is 30.4 Å². The normalized spacial score (nSPS) is 18.4. The third-order valence-corrected chi connectivity index (χ3v) is 7.99. The van der Waals surface area contributed by atoms with E-state index in [0.29, 0.717) is 34.4 Å². The van der Waals surface area contributed by atoms with E-state index in [9.17, 15) is 19.5 Å². The van der Waals surface area contributed by atoms with Gasteiger partial charge in [-0.05, 0) is 43.3 Å². The van der Waals surface area contributed by atoms with Gasteiger partial charge in [0.2, 0.25) is 13.6 Å². The summed E-state index contributed by atoms with van der Waals surface area (Å²) in [5.74, 6) is 1.77. The lowest BCUT2D eigenvalue weighted by Crippen LogP contribution is -2.50. The molecule has 3 aliphatic heterocycles. The van der Waals surface area contributed by atoms with Crippen LogP contribution in [0.25, 0.3) is 0 Å². The fraction of sp³-hybridized carbons (Fsp3) is 0.344. The van der Waals surface area contributed by atoms with Gasteiger partial charge >= 0.3 is 12.1 Å². The third kappa shape index (κ3) is 6.38. The second-order valence-corrected chi connectivity index (χ2v) is 11.3. The van der Waals surface area contributed by atoms with Crippen LogP contribution in [-0.4, -0.2) is 85.4 Å². The topological polar surface area (TPSA) is 160 Å². The Hall–Kier alpha value is -5.37. The van der Waals surface area contributed by atoms with Crippen molar-refractivity contribution in [3.8, 4) is 28.7 Å². The first-order valence-corrected chi connectivity index (χ1v) is 14.8. The number of hydrogen-bond acceptors (Lipinski definition) is 9. The molecule has 0 unspecified atom stereocenters. The zero-order valence-corrected chi connectivity index (χ0v) is 25.6. The largest absolute Gasteiger partial charge is 0.485 e. The minimum absolute atomic E-state index is 0.104. The monoisotopic (exact) mass is 633 g/mol. The summed E-state index contributed by atoms with van der Waals surface area (Å²) in [6.45, 7) is 4.06. The van der Waals surface area contributed by atoms with E-state index >= 15 is 0 Å². The number of carbonyl (C=O) groups is 3. The first kappa shape index (κ1) is 30.6. The van der Waals surface area contributed by atoms with E-state index in [1.54, 1.807) is 73.5 Å². The molecule has 3 aromatic rings. The SMILES string of the molecule is C[C@H]1CN([C@@H](C)CO)C(=O)c2cccc(NC(=O)Nc3ccc4c(c3)OCO4)c2O[C@H]1CN(C)C(=O)Nc1ccc2c(c1)OCO2. The molecule has 0 aromatic heterocycles. The van der Waals surface area contributed by atoms with Crippen LogP contribution in [0.3, 0.4) is 0 Å². The highest BCUT2D eigenvalue weighted by Crippen LogP contribution is 2.37. The lowest BCUT2D eigenvalue weighted by Gasteiger charge is -2.38. The summed E-state index contributed by atoms with van der Waals surface area (Å²) >= 11 is 0. The van der Waals surface area contributed by atoms with Crippen molar-refractivity contribution in [2.45, 2.75) is 26.0 Å². The second kappa shape index (κ2) is 12.9. The molecular formula is C32H35N5O9. The minimum atomic E-state index is -0.604. The van der Waals surface area contributed by atoms with Gasteiger partial charge in [0, 0.05) is 43.0 Å². The zero-order chi connectivity index (χ0) is 32.4. The standard InChI is InChI=1S/C32H35N5O9/c1-18-13-37(19(2)15-38)30(39)22-5-4-6-23(35-31(40)33-20-7-9-24-26(11-20)44-16-42-24)29(22)46-28(18)14-36(3)32(41)34-21-8-10-25-27(12-21)45-17-43-25/h4-12,18-19,28,38H,13-17H2,1-3H3,(H,34,41)(H2,33,35,40)/t18-,19-,28-/m0/s1. The molecule has 14 nitrogen and oxygen atoms in total. The van der Waals surface area contributed by atoms with Crippen LogP contribution in [0, 0.1) is 5.92 Å². The molecule has 0 radical (unpaired) electrons. The Labute approximate surface area is 265 Å². The van der Waals surface area contributed by atoms with Crippen LogP contribution in [0.15, 0.2) is 54.6 Å². The predicted molar refractivity (Wildman–Crippen MR) is 167 cm³/mol. The maximum absolute atomic E-state index is 13.8. The van der Waals surface area contributed by atoms with Crippen molar-refractivity contribution in [2.75, 3.05) is 56.3 Å². The Morgan fingerprint density at radius 2 is 1.57 bits per heavy atom. The Morgan fingerprint density at radius 3 is 2.22 bits per heavy atom. The second-order valence-electron chi connectivity index (χ2n) is 11.3. The van der Waals surface area contributed by atoms with Gasteiger partial charge in [-0.1, -0.05) is 13.0 Å². The number of aliphatic hydroxyl groups is 1. The van der Waals surface area contributed by atoms with Gasteiger partial charge < -0.3 is 54.5 Å². The lowest BCUT2D eigenvalue weighted by molar-refractivity contribution is 0.0373. The van der Waals surface area contributed by atoms with Crippen LogP contribution in [-0.2, 0) is 0 Å². The van der Waals surface area contributed by atoms with E-state index in [-0.39, 0.29) is 68.1 Å². The molecule has 3 atom stereocenters. The average molecular weight is 634 g/mol. The number of anilines is 3. The maximum Gasteiger partial charge on any atom is 0.323 e. The number of likely N-dealkylation sites (N-methyl/N-ethyl adjacent to an activating group) is 1. The van der Waals surface area contributed by atoms with Crippen LogP contribution in [0.4, 0.5) is 26.7 Å². The number of amides is 5. The fourth-order valence-electron chi connectivity index (χ4n) is 5.36. The van der Waals surface area contributed by atoms with E-state index in [2.05, 4.69) is 16.0 Å². The zero-order valence-electron chi connectivity index (χ0n) is 25.6. The molecule has 3 heterocycles. The fourth-order valence-corrected chi connectivity index (χ4v) is 5.36. The number of carbonyl (C=O) groups excluding carboxylic acids is 3. The summed E-state index contributed by atoms with van der Waals surface area (Å²) in [6, 6.07) is 13.6. The van der Waals surface area contributed by atoms with Crippen molar-refractivity contribution in [1.29, 1.82) is 0 Å². The molecule has 242 valence electrons. The molecule has 3 aliphatic rings. The predicted octanol–water partition coefficient (Wildman–Crippen LogP) is 4.17. The Morgan fingerprint density at radius 1 is 0.935 bits per heavy atom. The summed E-state index contributed by atoms with van der Waals surface area (Å²) in [6.07, 6.45) is -0.604. The van der Waals surface area contributed by atoms with Gasteiger partial charge in [0.15, 0.2) is 28.7 Å². The lowest BCUT2D eigenvalue weighted by atomic mass is 9.99. The summed E-state index contributed by atoms with van der Waals surface area (Å²) < 4.78 is 28.0. The molecule has 0 bridgehead atoms. The maximum atomic E-state index is 13.8. The molecule has 0 spiro atoms. The van der Waals surface area contributed by atoms with Gasteiger partial charge in [-0.2, -0.15) is 0 Å². The number of ether oxygens (including phenoxy) is 5. The van der Waals surface area contributed by atoms with Crippen molar-refractivity contribution >= 4 is 35.0 Å². The number of hydrogen-bond donors (Lipinski definition) is 4. The number of benzene rings is 3. The third-order valence-electron chi connectivity index (χ3n) is 7.99. The Bertz CT molecular complexity index is 1650. The molecular weight excluding hydrogens is 598 g/mol. The van der Waals surface area contributed by atoms with Crippen molar-refractivity contribution in [3.05, 3.63) is 60.2 Å². The van der Waals surface area contributed by atoms with E-state index in [0.717, 1.165) is 0 Å². The van der Waals surface area contributed by atoms with Crippen molar-refractivity contribution in [3.63, 3.8) is 0 Å². The molecule has 46 heavy (non-hydrogen) atoms. The number of urea groups is 2. The molecule has 0 aliphatic carbocycles. The van der Waals surface area contributed by atoms with E-state index in [1.807, 2.05) is 6.92 Å². The van der Waals surface area contributed by atoms with Crippen molar-refractivity contribution in [1.82, 2.24) is 9.80 Å². The first-order valence-electron chi connectivity index (χ1n) is 14.8. The van der Waals surface area contributed by atoms with Gasteiger partial charge in [0.1, 0.15) is 6.10 Å². The number of aliphatic hydroxyl groups excluding tert-OH is 1. The summed E-state index contributed by atoms with van der Waals surface area (Å²) in [5, 5.41) is 18.4. The number of rotatable bonds is 7. The molecule has 6 rings (SSSR count). The van der Waals surface area contributed by atoms with Gasteiger partial charge in [0.25, 0.3) is 5.91 Å². The Balaban J connectivity index is 1.23. The highest BCUT2D eigenvalue weighted by molar-refractivity contribution is 6.04. The number of nitrogens with one attached hydrogen (secondary N) is 3. The van der Waals surface area contributed by atoms with Crippen LogP contribution < -0.4 is 39.6 Å².